The molecule has 0 unspecified atom stereocenters. The third-order valence-corrected chi connectivity index (χ3v) is 5.71. The number of nitrogens with zero attached hydrogens (tertiary/aromatic N) is 3. The van der Waals surface area contributed by atoms with Crippen molar-refractivity contribution in [2.75, 3.05) is 13.2 Å². The number of nitrogens with one attached hydrogen (secondary N) is 1. The van der Waals surface area contributed by atoms with Crippen LogP contribution in [0.3, 0.4) is 0 Å². The zero-order valence-electron chi connectivity index (χ0n) is 19.0. The first kappa shape index (κ1) is 23.8. The van der Waals surface area contributed by atoms with Crippen LogP contribution in [-0.2, 0) is 21.1 Å². The number of hydrogen-bond acceptors (Lipinski definition) is 5. The second-order valence-corrected chi connectivity index (χ2v) is 9.22. The topological polar surface area (TPSA) is 112 Å². The summed E-state index contributed by atoms with van der Waals surface area (Å²) in [6, 6.07) is 8.03. The van der Waals surface area contributed by atoms with Gasteiger partial charge < -0.3 is 10.0 Å². The van der Waals surface area contributed by atoms with Crippen LogP contribution in [0.5, 0.6) is 0 Å². The highest BCUT2D eigenvalue weighted by Crippen LogP contribution is 2.30. The lowest BCUT2D eigenvalue weighted by Crippen LogP contribution is -2.53. The summed E-state index contributed by atoms with van der Waals surface area (Å²) < 4.78 is 0. The minimum absolute atomic E-state index is 0.00901. The van der Waals surface area contributed by atoms with E-state index in [0.717, 1.165) is 5.56 Å². The number of fused-ring (bicyclic) bond motifs is 2. The summed E-state index contributed by atoms with van der Waals surface area (Å²) in [4.78, 5) is 50.9. The molecule has 0 aliphatic carbocycles. The molecular formula is C22H32N4O6. The molecule has 3 atom stereocenters. The van der Waals surface area contributed by atoms with Crippen LogP contribution in [0, 0.1) is 0 Å². The van der Waals surface area contributed by atoms with Gasteiger partial charge in [0.1, 0.15) is 12.6 Å². The van der Waals surface area contributed by atoms with Gasteiger partial charge >= 0.3 is 12.1 Å². The third kappa shape index (κ3) is 5.31. The maximum absolute atomic E-state index is 12.8. The lowest BCUT2D eigenvalue weighted by atomic mass is 10.0. The van der Waals surface area contributed by atoms with Crippen LogP contribution in [0.15, 0.2) is 30.3 Å². The van der Waals surface area contributed by atoms with Crippen LogP contribution in [0.4, 0.5) is 9.59 Å². The minimum atomic E-state index is -1.06. The van der Waals surface area contributed by atoms with Crippen LogP contribution in [-0.4, -0.2) is 74.8 Å². The zero-order valence-corrected chi connectivity index (χ0v) is 19.0. The standard InChI is InChI=1S/C22H32N4O6/c1-15(25(21(29)30)22(2,3)4)13-31-23-19(27)18-11-10-17-12-24(18)20(28)26(17)32-14-16-8-6-5-7-9-16/h5-9,15,17-18H,10-14H2,1-4H3,(H,23,27)(H,29,30)/t15-,17+,18-/m0/s1. The van der Waals surface area contributed by atoms with Gasteiger partial charge in [0.05, 0.1) is 18.7 Å². The van der Waals surface area contributed by atoms with Crippen molar-refractivity contribution in [1.29, 1.82) is 0 Å². The average molecular weight is 449 g/mol. The number of hydroxylamine groups is 3. The molecule has 1 aromatic carbocycles. The number of benzene rings is 1. The van der Waals surface area contributed by atoms with Crippen molar-refractivity contribution in [3.05, 3.63) is 35.9 Å². The normalized spacial score (nSPS) is 21.4. The van der Waals surface area contributed by atoms with Gasteiger partial charge in [-0.05, 0) is 46.1 Å². The molecule has 0 saturated carbocycles. The summed E-state index contributed by atoms with van der Waals surface area (Å²) in [6.45, 7) is 7.77. The van der Waals surface area contributed by atoms with Crippen molar-refractivity contribution in [1.82, 2.24) is 20.3 Å². The van der Waals surface area contributed by atoms with Gasteiger partial charge in [-0.2, -0.15) is 5.06 Å². The molecule has 10 nitrogen and oxygen atoms in total. The Bertz CT molecular complexity index is 827. The number of piperidine rings is 1. The molecule has 32 heavy (non-hydrogen) atoms. The fourth-order valence-electron chi connectivity index (χ4n) is 4.30. The number of hydrogen-bond donors (Lipinski definition) is 2. The molecule has 176 valence electrons. The number of amides is 4. The minimum Gasteiger partial charge on any atom is -0.465 e. The predicted molar refractivity (Wildman–Crippen MR) is 115 cm³/mol. The maximum atomic E-state index is 12.8. The molecule has 2 heterocycles. The van der Waals surface area contributed by atoms with Crippen LogP contribution >= 0.6 is 0 Å². The van der Waals surface area contributed by atoms with Gasteiger partial charge in [0.2, 0.25) is 0 Å². The average Bonchev–Trinajstić information content (AvgIpc) is 2.95. The van der Waals surface area contributed by atoms with E-state index in [-0.39, 0.29) is 25.3 Å². The van der Waals surface area contributed by atoms with Crippen molar-refractivity contribution < 1.29 is 29.2 Å². The SMILES string of the molecule is C[C@@H](CONC(=O)[C@@H]1CC[C@@H]2CN1C(=O)N2OCc1ccccc1)N(C(=O)O)C(C)(C)C. The Kier molecular flexibility index (Phi) is 7.25. The monoisotopic (exact) mass is 448 g/mol. The van der Waals surface area contributed by atoms with Crippen molar-refractivity contribution in [3.63, 3.8) is 0 Å². The molecule has 2 N–H and O–H groups in total. The van der Waals surface area contributed by atoms with E-state index < -0.39 is 29.6 Å². The summed E-state index contributed by atoms with van der Waals surface area (Å²) >= 11 is 0. The Morgan fingerprint density at radius 2 is 1.94 bits per heavy atom. The third-order valence-electron chi connectivity index (χ3n) is 5.71. The van der Waals surface area contributed by atoms with Gasteiger partial charge in [-0.15, -0.1) is 0 Å². The molecular weight excluding hydrogens is 416 g/mol. The molecule has 2 fully saturated rings. The van der Waals surface area contributed by atoms with Crippen LogP contribution < -0.4 is 5.48 Å². The van der Waals surface area contributed by atoms with Crippen molar-refractivity contribution >= 4 is 18.0 Å². The number of carbonyl (C=O) groups excluding carboxylic acids is 2. The Morgan fingerprint density at radius 1 is 1.25 bits per heavy atom. The molecule has 1 aromatic rings. The van der Waals surface area contributed by atoms with E-state index in [4.69, 9.17) is 9.68 Å². The Labute approximate surface area is 188 Å². The van der Waals surface area contributed by atoms with Gasteiger partial charge in [0.15, 0.2) is 0 Å². The summed E-state index contributed by atoms with van der Waals surface area (Å²) in [6.07, 6.45) is 0.0780. The molecule has 2 aliphatic rings. The number of carbonyl (C=O) groups is 3. The number of carboxylic acid groups (broad SMARTS) is 1. The lowest BCUT2D eigenvalue weighted by molar-refractivity contribution is -0.141. The molecule has 2 aliphatic heterocycles. The smallest absolute Gasteiger partial charge is 0.408 e. The fraction of sp³-hybridized carbons (Fsp3) is 0.591. The fourth-order valence-corrected chi connectivity index (χ4v) is 4.30. The molecule has 3 rings (SSSR count). The predicted octanol–water partition coefficient (Wildman–Crippen LogP) is 2.60. The van der Waals surface area contributed by atoms with Crippen molar-refractivity contribution in [2.45, 2.75) is 70.8 Å². The molecule has 0 radical (unpaired) electrons. The van der Waals surface area contributed by atoms with Crippen molar-refractivity contribution in [2.24, 2.45) is 0 Å². The highest BCUT2D eigenvalue weighted by molar-refractivity contribution is 5.88. The first-order chi connectivity index (χ1) is 15.1. The number of rotatable bonds is 8. The quantitative estimate of drug-likeness (QED) is 0.592. The summed E-state index contributed by atoms with van der Waals surface area (Å²) in [5.41, 5.74) is 2.74. The summed E-state index contributed by atoms with van der Waals surface area (Å²) in [5, 5.41) is 10.8. The van der Waals surface area contributed by atoms with E-state index in [1.165, 1.54) is 14.9 Å². The highest BCUT2D eigenvalue weighted by atomic mass is 16.7. The van der Waals surface area contributed by atoms with E-state index >= 15 is 0 Å². The second kappa shape index (κ2) is 9.74. The number of urea groups is 1. The van der Waals surface area contributed by atoms with E-state index in [9.17, 15) is 19.5 Å². The molecule has 10 heteroatoms. The van der Waals surface area contributed by atoms with E-state index in [1.807, 2.05) is 30.3 Å². The molecule has 0 spiro atoms. The Hall–Kier alpha value is -2.85. The van der Waals surface area contributed by atoms with Crippen LogP contribution in [0.2, 0.25) is 0 Å². The first-order valence-corrected chi connectivity index (χ1v) is 10.8. The Balaban J connectivity index is 1.51. The molecule has 4 amide bonds. The van der Waals surface area contributed by atoms with E-state index in [0.29, 0.717) is 19.4 Å². The van der Waals surface area contributed by atoms with Crippen LogP contribution in [0.1, 0.15) is 46.1 Å². The largest absolute Gasteiger partial charge is 0.465 e. The first-order valence-electron chi connectivity index (χ1n) is 10.8. The highest BCUT2D eigenvalue weighted by Gasteiger charge is 2.48. The van der Waals surface area contributed by atoms with Gasteiger partial charge in [-0.25, -0.2) is 15.1 Å². The second-order valence-electron chi connectivity index (χ2n) is 9.22. The van der Waals surface area contributed by atoms with Crippen LogP contribution in [0.25, 0.3) is 0 Å². The van der Waals surface area contributed by atoms with E-state index in [2.05, 4.69) is 5.48 Å². The van der Waals surface area contributed by atoms with Gasteiger partial charge in [0.25, 0.3) is 5.91 Å². The van der Waals surface area contributed by atoms with E-state index in [1.54, 1.807) is 27.7 Å². The van der Waals surface area contributed by atoms with Gasteiger partial charge in [-0.3, -0.25) is 19.4 Å². The van der Waals surface area contributed by atoms with Gasteiger partial charge in [-0.1, -0.05) is 30.3 Å². The molecule has 2 saturated heterocycles. The molecule has 0 aromatic heterocycles. The summed E-state index contributed by atoms with van der Waals surface area (Å²) in [7, 11) is 0. The maximum Gasteiger partial charge on any atom is 0.408 e. The van der Waals surface area contributed by atoms with Gasteiger partial charge in [0, 0.05) is 12.1 Å². The van der Waals surface area contributed by atoms with Crippen molar-refractivity contribution in [3.8, 4) is 0 Å². The Morgan fingerprint density at radius 3 is 2.56 bits per heavy atom. The lowest BCUT2D eigenvalue weighted by Gasteiger charge is -2.37. The summed E-state index contributed by atoms with van der Waals surface area (Å²) in [5.74, 6) is -0.424. The zero-order chi connectivity index (χ0) is 23.5. The molecule has 2 bridgehead atoms.